The van der Waals surface area contributed by atoms with Crippen molar-refractivity contribution in [1.29, 1.82) is 0 Å². The largest absolute Gasteiger partial charge is 0.445 e. The number of rotatable bonds is 6. The molecule has 0 radical (unpaired) electrons. The molecular formula is C25H36N4O6. The lowest BCUT2D eigenvalue weighted by molar-refractivity contribution is -0.138. The van der Waals surface area contributed by atoms with Crippen LogP contribution in [-0.2, 0) is 25.7 Å². The zero-order valence-electron chi connectivity index (χ0n) is 20.8. The molecule has 0 unspecified atom stereocenters. The Labute approximate surface area is 206 Å². The van der Waals surface area contributed by atoms with Crippen molar-refractivity contribution in [1.82, 2.24) is 14.7 Å². The van der Waals surface area contributed by atoms with Crippen molar-refractivity contribution >= 4 is 24.0 Å². The van der Waals surface area contributed by atoms with Gasteiger partial charge in [-0.25, -0.2) is 9.59 Å². The summed E-state index contributed by atoms with van der Waals surface area (Å²) in [5, 5.41) is 0. The van der Waals surface area contributed by atoms with Crippen LogP contribution in [0.15, 0.2) is 30.3 Å². The Morgan fingerprint density at radius 1 is 1.06 bits per heavy atom. The summed E-state index contributed by atoms with van der Waals surface area (Å²) in [4.78, 5) is 55.2. The molecule has 10 nitrogen and oxygen atoms in total. The van der Waals surface area contributed by atoms with Crippen LogP contribution in [0.2, 0.25) is 0 Å². The van der Waals surface area contributed by atoms with Crippen molar-refractivity contribution in [3.63, 3.8) is 0 Å². The molecule has 0 spiro atoms. The summed E-state index contributed by atoms with van der Waals surface area (Å²) in [6.07, 6.45) is 1.33. The molecular weight excluding hydrogens is 452 g/mol. The Morgan fingerprint density at radius 2 is 1.74 bits per heavy atom. The maximum absolute atomic E-state index is 13.2. The highest BCUT2D eigenvalue weighted by Gasteiger charge is 2.38. The number of benzene rings is 1. The number of carbonyl (C=O) groups excluding carboxylic acids is 4. The molecule has 1 aromatic carbocycles. The fourth-order valence-corrected chi connectivity index (χ4v) is 4.44. The Kier molecular flexibility index (Phi) is 8.58. The third-order valence-corrected chi connectivity index (χ3v) is 6.14. The Bertz CT molecular complexity index is 916. The lowest BCUT2D eigenvalue weighted by Gasteiger charge is -2.39. The number of nitrogens with zero attached hydrogens (tertiary/aromatic N) is 3. The Morgan fingerprint density at radius 3 is 2.40 bits per heavy atom. The quantitative estimate of drug-likeness (QED) is 0.656. The molecule has 0 saturated carbocycles. The second-order valence-corrected chi connectivity index (χ2v) is 10.0. The lowest BCUT2D eigenvalue weighted by atomic mass is 10.0. The van der Waals surface area contributed by atoms with E-state index in [1.165, 1.54) is 9.80 Å². The fraction of sp³-hybridized carbons (Fsp3) is 0.600. The minimum atomic E-state index is -0.672. The molecule has 0 aliphatic carbocycles. The number of amides is 4. The first-order chi connectivity index (χ1) is 16.5. The topological polar surface area (TPSA) is 122 Å². The Hall–Kier alpha value is -3.30. The first kappa shape index (κ1) is 26.3. The van der Waals surface area contributed by atoms with Crippen LogP contribution < -0.4 is 5.73 Å². The average molecular weight is 489 g/mol. The predicted molar refractivity (Wildman–Crippen MR) is 128 cm³/mol. The predicted octanol–water partition coefficient (Wildman–Crippen LogP) is 2.50. The van der Waals surface area contributed by atoms with E-state index in [4.69, 9.17) is 15.2 Å². The maximum atomic E-state index is 13.2. The standard InChI is InChI=1S/C25H36N4O6/c1-25(2,3)35-23(32)27-13-7-11-19(15-27)29(24(33)34-17-18-9-5-4-6-10-18)16-21(30)28-14-8-12-20(28)22(26)31/h4-6,9-10,19-20H,7-8,11-17H2,1-3H3,(H2,26,31)/t19-,20+/m1/s1. The number of ether oxygens (including phenoxy) is 2. The van der Waals surface area contributed by atoms with Crippen molar-refractivity contribution < 1.29 is 28.7 Å². The third kappa shape index (κ3) is 7.34. The van der Waals surface area contributed by atoms with E-state index in [0.717, 1.165) is 5.56 Å². The summed E-state index contributed by atoms with van der Waals surface area (Å²) in [5.41, 5.74) is 5.65. The molecule has 2 heterocycles. The average Bonchev–Trinajstić information content (AvgIpc) is 3.31. The van der Waals surface area contributed by atoms with Gasteiger partial charge in [-0.3, -0.25) is 14.5 Å². The SMILES string of the molecule is CC(C)(C)OC(=O)N1CCC[C@@H](N(CC(=O)N2CCC[C@H]2C(N)=O)C(=O)OCc2ccccc2)C1. The van der Waals surface area contributed by atoms with Crippen LogP contribution in [0.3, 0.4) is 0 Å². The number of primary amides is 1. The minimum Gasteiger partial charge on any atom is -0.445 e. The minimum absolute atomic E-state index is 0.0560. The summed E-state index contributed by atoms with van der Waals surface area (Å²) in [6.45, 7) is 6.32. The van der Waals surface area contributed by atoms with E-state index in [-0.39, 0.29) is 25.6 Å². The van der Waals surface area contributed by atoms with Gasteiger partial charge in [-0.2, -0.15) is 0 Å². The third-order valence-electron chi connectivity index (χ3n) is 6.14. The summed E-state index contributed by atoms with van der Waals surface area (Å²) in [6, 6.07) is 8.15. The number of hydrogen-bond acceptors (Lipinski definition) is 6. The van der Waals surface area contributed by atoms with Gasteiger partial charge in [-0.05, 0) is 52.0 Å². The van der Waals surface area contributed by atoms with Gasteiger partial charge in [-0.15, -0.1) is 0 Å². The molecule has 2 atom stereocenters. The van der Waals surface area contributed by atoms with Crippen LogP contribution in [0, 0.1) is 0 Å². The van der Waals surface area contributed by atoms with Crippen molar-refractivity contribution in [2.75, 3.05) is 26.2 Å². The van der Waals surface area contributed by atoms with Gasteiger partial charge in [0, 0.05) is 19.6 Å². The number of carbonyl (C=O) groups is 4. The second-order valence-electron chi connectivity index (χ2n) is 10.0. The van der Waals surface area contributed by atoms with Crippen LogP contribution >= 0.6 is 0 Å². The number of piperidine rings is 1. The highest BCUT2D eigenvalue weighted by molar-refractivity contribution is 5.89. The van der Waals surface area contributed by atoms with Crippen LogP contribution in [0.25, 0.3) is 0 Å². The van der Waals surface area contributed by atoms with Gasteiger partial charge in [0.1, 0.15) is 24.8 Å². The molecule has 35 heavy (non-hydrogen) atoms. The number of hydrogen-bond donors (Lipinski definition) is 1. The molecule has 2 aliphatic rings. The van der Waals surface area contributed by atoms with Gasteiger partial charge < -0.3 is 25.0 Å². The van der Waals surface area contributed by atoms with E-state index in [1.54, 1.807) is 25.7 Å². The molecule has 1 aromatic rings. The van der Waals surface area contributed by atoms with Gasteiger partial charge in [0.15, 0.2) is 0 Å². The van der Waals surface area contributed by atoms with Crippen molar-refractivity contribution in [3.05, 3.63) is 35.9 Å². The zero-order valence-corrected chi connectivity index (χ0v) is 20.8. The summed E-state index contributed by atoms with van der Waals surface area (Å²) < 4.78 is 11.0. The van der Waals surface area contributed by atoms with E-state index in [0.29, 0.717) is 38.8 Å². The van der Waals surface area contributed by atoms with Crippen LogP contribution in [0.1, 0.15) is 52.0 Å². The molecule has 10 heteroatoms. The Balaban J connectivity index is 1.74. The van der Waals surface area contributed by atoms with Gasteiger partial charge in [0.25, 0.3) is 0 Å². The van der Waals surface area contributed by atoms with Crippen molar-refractivity contribution in [2.24, 2.45) is 5.73 Å². The monoisotopic (exact) mass is 488 g/mol. The normalized spacial score (nSPS) is 20.3. The summed E-state index contributed by atoms with van der Waals surface area (Å²) in [5.74, 6) is -0.917. The molecule has 0 bridgehead atoms. The molecule has 2 fully saturated rings. The van der Waals surface area contributed by atoms with Crippen LogP contribution in [-0.4, -0.2) is 82.6 Å². The van der Waals surface area contributed by atoms with E-state index in [2.05, 4.69) is 0 Å². The summed E-state index contributed by atoms with van der Waals surface area (Å²) >= 11 is 0. The first-order valence-electron chi connectivity index (χ1n) is 12.1. The molecule has 2 aliphatic heterocycles. The highest BCUT2D eigenvalue weighted by atomic mass is 16.6. The fourth-order valence-electron chi connectivity index (χ4n) is 4.44. The second kappa shape index (κ2) is 11.4. The maximum Gasteiger partial charge on any atom is 0.410 e. The zero-order chi connectivity index (χ0) is 25.6. The van der Waals surface area contributed by atoms with E-state index < -0.39 is 35.8 Å². The molecule has 0 aromatic heterocycles. The summed E-state index contributed by atoms with van der Waals surface area (Å²) in [7, 11) is 0. The van der Waals surface area contributed by atoms with Crippen LogP contribution in [0.4, 0.5) is 9.59 Å². The number of nitrogens with two attached hydrogens (primary N) is 1. The first-order valence-corrected chi connectivity index (χ1v) is 12.1. The van der Waals surface area contributed by atoms with Gasteiger partial charge >= 0.3 is 12.2 Å². The molecule has 4 amide bonds. The smallest absolute Gasteiger partial charge is 0.410 e. The lowest BCUT2D eigenvalue weighted by Crippen LogP contribution is -2.56. The molecule has 2 saturated heterocycles. The van der Waals surface area contributed by atoms with E-state index in [9.17, 15) is 19.2 Å². The van der Waals surface area contributed by atoms with Gasteiger partial charge in [0.2, 0.25) is 11.8 Å². The highest BCUT2D eigenvalue weighted by Crippen LogP contribution is 2.22. The van der Waals surface area contributed by atoms with Gasteiger partial charge in [0.05, 0.1) is 6.04 Å². The van der Waals surface area contributed by atoms with Gasteiger partial charge in [-0.1, -0.05) is 30.3 Å². The number of likely N-dealkylation sites (tertiary alicyclic amines) is 2. The van der Waals surface area contributed by atoms with E-state index in [1.807, 2.05) is 30.3 Å². The van der Waals surface area contributed by atoms with Crippen molar-refractivity contribution in [2.45, 2.75) is 70.7 Å². The van der Waals surface area contributed by atoms with E-state index >= 15 is 0 Å². The molecule has 3 rings (SSSR count). The van der Waals surface area contributed by atoms with Crippen molar-refractivity contribution in [3.8, 4) is 0 Å². The van der Waals surface area contributed by atoms with Crippen LogP contribution in [0.5, 0.6) is 0 Å². The molecule has 192 valence electrons. The molecule has 2 N–H and O–H groups in total.